The molecule has 0 saturated carbocycles. The fraction of sp³-hybridized carbons (Fsp3) is 0.455. The minimum Gasteiger partial charge on any atom is -0.383 e. The number of carbonyl (C=O) groups excluding carboxylic acids is 1. The highest BCUT2D eigenvalue weighted by Crippen LogP contribution is 2.14. The van der Waals surface area contributed by atoms with Crippen molar-refractivity contribution >= 4 is 11.7 Å². The van der Waals surface area contributed by atoms with Gasteiger partial charge in [0.15, 0.2) is 0 Å². The highest BCUT2D eigenvalue weighted by molar-refractivity contribution is 5.98. The fourth-order valence-corrected chi connectivity index (χ4v) is 1.80. The summed E-state index contributed by atoms with van der Waals surface area (Å²) in [6.45, 7) is 2.89. The van der Waals surface area contributed by atoms with E-state index in [4.69, 9.17) is 5.73 Å². The van der Waals surface area contributed by atoms with Gasteiger partial charge in [-0.25, -0.2) is 9.37 Å². The maximum atomic E-state index is 13.0. The van der Waals surface area contributed by atoms with E-state index in [1.807, 2.05) is 7.05 Å². The van der Waals surface area contributed by atoms with Crippen LogP contribution in [0.2, 0.25) is 0 Å². The Hall–Kier alpha value is -1.69. The molecule has 0 unspecified atom stereocenters. The Labute approximate surface area is 99.0 Å². The molecule has 0 radical (unpaired) electrons. The Bertz CT molecular complexity index is 429. The van der Waals surface area contributed by atoms with E-state index in [0.29, 0.717) is 13.1 Å². The third kappa shape index (κ3) is 2.52. The molecule has 6 heteroatoms. The van der Waals surface area contributed by atoms with Crippen molar-refractivity contribution in [2.24, 2.45) is 0 Å². The van der Waals surface area contributed by atoms with Crippen LogP contribution in [0.4, 0.5) is 10.2 Å². The molecule has 92 valence electrons. The van der Waals surface area contributed by atoms with Crippen molar-refractivity contribution in [1.29, 1.82) is 0 Å². The standard InChI is InChI=1S/C11H15FN4O/c1-15-2-4-16(5-3-15)11(17)9-6-8(12)7-14-10(9)13/h6-7H,2-5H2,1H3,(H2,13,14). The molecule has 0 atom stereocenters. The van der Waals surface area contributed by atoms with E-state index in [1.165, 1.54) is 0 Å². The van der Waals surface area contributed by atoms with Crippen LogP contribution in [0.25, 0.3) is 0 Å². The molecule has 2 rings (SSSR count). The molecule has 5 nitrogen and oxygen atoms in total. The van der Waals surface area contributed by atoms with E-state index in [0.717, 1.165) is 25.4 Å². The maximum Gasteiger partial charge on any atom is 0.257 e. The van der Waals surface area contributed by atoms with Gasteiger partial charge in [0.1, 0.15) is 11.6 Å². The van der Waals surface area contributed by atoms with Gasteiger partial charge in [-0.3, -0.25) is 4.79 Å². The van der Waals surface area contributed by atoms with Crippen LogP contribution in [0.1, 0.15) is 10.4 Å². The molecule has 0 bridgehead atoms. The van der Waals surface area contributed by atoms with Crippen molar-refractivity contribution in [3.05, 3.63) is 23.6 Å². The summed E-state index contributed by atoms with van der Waals surface area (Å²) in [5, 5.41) is 0. The number of rotatable bonds is 1. The van der Waals surface area contributed by atoms with Gasteiger partial charge in [-0.15, -0.1) is 0 Å². The molecule has 2 N–H and O–H groups in total. The van der Waals surface area contributed by atoms with Crippen molar-refractivity contribution in [2.45, 2.75) is 0 Å². The average Bonchev–Trinajstić information content (AvgIpc) is 2.32. The molecular weight excluding hydrogens is 223 g/mol. The fourth-order valence-electron chi connectivity index (χ4n) is 1.80. The quantitative estimate of drug-likeness (QED) is 0.758. The minimum atomic E-state index is -0.545. The SMILES string of the molecule is CN1CCN(C(=O)c2cc(F)cnc2N)CC1. The highest BCUT2D eigenvalue weighted by atomic mass is 19.1. The largest absolute Gasteiger partial charge is 0.383 e. The van der Waals surface area contributed by atoms with Gasteiger partial charge < -0.3 is 15.5 Å². The lowest BCUT2D eigenvalue weighted by molar-refractivity contribution is 0.0664. The van der Waals surface area contributed by atoms with E-state index >= 15 is 0 Å². The Morgan fingerprint density at radius 3 is 2.71 bits per heavy atom. The van der Waals surface area contributed by atoms with Crippen LogP contribution in [0.5, 0.6) is 0 Å². The molecule has 0 aliphatic carbocycles. The van der Waals surface area contributed by atoms with E-state index in [2.05, 4.69) is 9.88 Å². The number of halogens is 1. The lowest BCUT2D eigenvalue weighted by Crippen LogP contribution is -2.47. The van der Waals surface area contributed by atoms with Crippen molar-refractivity contribution in [2.75, 3.05) is 39.0 Å². The van der Waals surface area contributed by atoms with Crippen LogP contribution >= 0.6 is 0 Å². The van der Waals surface area contributed by atoms with E-state index in [1.54, 1.807) is 4.90 Å². The van der Waals surface area contributed by atoms with Gasteiger partial charge in [0, 0.05) is 26.2 Å². The highest BCUT2D eigenvalue weighted by Gasteiger charge is 2.22. The molecule has 1 aromatic rings. The number of aromatic nitrogens is 1. The Balaban J connectivity index is 2.16. The van der Waals surface area contributed by atoms with Crippen molar-refractivity contribution in [3.63, 3.8) is 0 Å². The third-order valence-corrected chi connectivity index (χ3v) is 2.91. The molecule has 17 heavy (non-hydrogen) atoms. The molecule has 1 aromatic heterocycles. The number of nitrogens with zero attached hydrogens (tertiary/aromatic N) is 3. The first-order valence-corrected chi connectivity index (χ1v) is 5.47. The topological polar surface area (TPSA) is 62.5 Å². The summed E-state index contributed by atoms with van der Waals surface area (Å²) >= 11 is 0. The average molecular weight is 238 g/mol. The Morgan fingerprint density at radius 1 is 1.41 bits per heavy atom. The summed E-state index contributed by atoms with van der Waals surface area (Å²) in [7, 11) is 2.00. The number of amides is 1. The first kappa shape index (κ1) is 11.8. The Morgan fingerprint density at radius 2 is 2.06 bits per heavy atom. The van der Waals surface area contributed by atoms with Crippen molar-refractivity contribution in [3.8, 4) is 0 Å². The van der Waals surface area contributed by atoms with Gasteiger partial charge in [0.2, 0.25) is 0 Å². The minimum absolute atomic E-state index is 0.0790. The summed E-state index contributed by atoms with van der Waals surface area (Å²) < 4.78 is 13.0. The van der Waals surface area contributed by atoms with Gasteiger partial charge in [-0.1, -0.05) is 0 Å². The van der Waals surface area contributed by atoms with Crippen LogP contribution in [0.15, 0.2) is 12.3 Å². The van der Waals surface area contributed by atoms with E-state index in [9.17, 15) is 9.18 Å². The van der Waals surface area contributed by atoms with Gasteiger partial charge in [-0.05, 0) is 13.1 Å². The molecule has 1 amide bonds. The molecule has 0 spiro atoms. The normalized spacial score (nSPS) is 17.2. The second kappa shape index (κ2) is 4.67. The van der Waals surface area contributed by atoms with Gasteiger partial charge in [-0.2, -0.15) is 0 Å². The predicted octanol–water partition coefficient (Wildman–Crippen LogP) is 0.190. The van der Waals surface area contributed by atoms with Gasteiger partial charge in [0.25, 0.3) is 5.91 Å². The zero-order valence-electron chi connectivity index (χ0n) is 9.69. The second-order valence-corrected chi connectivity index (χ2v) is 4.18. The third-order valence-electron chi connectivity index (χ3n) is 2.91. The molecular formula is C11H15FN4O. The number of likely N-dealkylation sites (N-methyl/N-ethyl adjacent to an activating group) is 1. The number of nitrogen functional groups attached to an aromatic ring is 1. The van der Waals surface area contributed by atoms with Crippen LogP contribution in [0, 0.1) is 5.82 Å². The molecule has 1 fully saturated rings. The first-order chi connectivity index (χ1) is 8.08. The van der Waals surface area contributed by atoms with Gasteiger partial charge in [0.05, 0.1) is 11.8 Å². The van der Waals surface area contributed by atoms with E-state index < -0.39 is 5.82 Å². The summed E-state index contributed by atoms with van der Waals surface area (Å²) in [5.74, 6) is -0.713. The number of piperazine rings is 1. The Kier molecular flexibility index (Phi) is 3.23. The zero-order chi connectivity index (χ0) is 12.4. The molecule has 1 aliphatic rings. The maximum absolute atomic E-state index is 13.0. The van der Waals surface area contributed by atoms with Crippen LogP contribution in [-0.2, 0) is 0 Å². The molecule has 0 aromatic carbocycles. The number of carbonyl (C=O) groups is 1. The molecule has 1 saturated heterocycles. The summed E-state index contributed by atoms with van der Waals surface area (Å²) in [6.07, 6.45) is 1.01. The van der Waals surface area contributed by atoms with E-state index in [-0.39, 0.29) is 17.3 Å². The van der Waals surface area contributed by atoms with Crippen molar-refractivity contribution < 1.29 is 9.18 Å². The number of pyridine rings is 1. The first-order valence-electron chi connectivity index (χ1n) is 5.47. The van der Waals surface area contributed by atoms with Gasteiger partial charge >= 0.3 is 0 Å². The number of nitrogens with two attached hydrogens (primary N) is 1. The summed E-state index contributed by atoms with van der Waals surface area (Å²) in [5.41, 5.74) is 5.74. The molecule has 1 aliphatic heterocycles. The van der Waals surface area contributed by atoms with Crippen LogP contribution < -0.4 is 5.73 Å². The second-order valence-electron chi connectivity index (χ2n) is 4.18. The zero-order valence-corrected chi connectivity index (χ0v) is 9.69. The van der Waals surface area contributed by atoms with Crippen LogP contribution in [-0.4, -0.2) is 53.9 Å². The molecule has 2 heterocycles. The van der Waals surface area contributed by atoms with Crippen LogP contribution in [0.3, 0.4) is 0 Å². The summed E-state index contributed by atoms with van der Waals surface area (Å²) in [4.78, 5) is 19.6. The smallest absolute Gasteiger partial charge is 0.257 e. The lowest BCUT2D eigenvalue weighted by Gasteiger charge is -2.32. The monoisotopic (exact) mass is 238 g/mol. The number of hydrogen-bond acceptors (Lipinski definition) is 4. The number of hydrogen-bond donors (Lipinski definition) is 1. The van der Waals surface area contributed by atoms with Crippen molar-refractivity contribution in [1.82, 2.24) is 14.8 Å². The predicted molar refractivity (Wildman–Crippen MR) is 62.0 cm³/mol. The number of anilines is 1. The lowest BCUT2D eigenvalue weighted by atomic mass is 10.2. The summed E-state index contributed by atoms with van der Waals surface area (Å²) in [6, 6.07) is 1.14.